The van der Waals surface area contributed by atoms with Crippen LogP contribution in [0, 0.1) is 0 Å². The molecule has 0 heterocycles. The number of rotatable bonds is 5. The first-order valence-electron chi connectivity index (χ1n) is 6.85. The lowest BCUT2D eigenvalue weighted by Gasteiger charge is -2.15. The van der Waals surface area contributed by atoms with E-state index in [-0.39, 0.29) is 10.8 Å². The van der Waals surface area contributed by atoms with E-state index in [1.165, 1.54) is 24.0 Å². The molecule has 2 aromatic carbocycles. The van der Waals surface area contributed by atoms with Crippen LogP contribution in [0.4, 0.5) is 11.4 Å². The van der Waals surface area contributed by atoms with Crippen molar-refractivity contribution in [1.29, 1.82) is 0 Å². The number of methoxy groups -OCH3 is 1. The summed E-state index contributed by atoms with van der Waals surface area (Å²) in [6.07, 6.45) is 0. The third-order valence-electron chi connectivity index (χ3n) is 3.35. The molecule has 0 aliphatic carbocycles. The van der Waals surface area contributed by atoms with Crippen LogP contribution in [0.1, 0.15) is 6.92 Å². The Balaban J connectivity index is 2.20. The molecule has 7 heteroatoms. The first-order chi connectivity index (χ1) is 10.8. The topological polar surface area (TPSA) is 75.7 Å². The minimum Gasteiger partial charge on any atom is -0.497 e. The second-order valence-corrected chi connectivity index (χ2v) is 6.59. The van der Waals surface area contributed by atoms with Gasteiger partial charge in [-0.3, -0.25) is 9.52 Å². The van der Waals surface area contributed by atoms with Crippen molar-refractivity contribution in [2.24, 2.45) is 0 Å². The Bertz CT molecular complexity index is 784. The number of ether oxygens (including phenoxy) is 1. The van der Waals surface area contributed by atoms with Crippen molar-refractivity contribution in [1.82, 2.24) is 0 Å². The molecule has 0 fully saturated rings. The molecule has 2 rings (SSSR count). The van der Waals surface area contributed by atoms with Gasteiger partial charge in [0.05, 0.1) is 12.0 Å². The first-order valence-corrected chi connectivity index (χ1v) is 8.33. The van der Waals surface area contributed by atoms with E-state index in [9.17, 15) is 13.2 Å². The zero-order valence-corrected chi connectivity index (χ0v) is 13.9. The lowest BCUT2D eigenvalue weighted by atomic mass is 10.3. The number of amides is 1. The average molecular weight is 334 g/mol. The molecule has 0 aromatic heterocycles. The van der Waals surface area contributed by atoms with Gasteiger partial charge in [0.2, 0.25) is 5.91 Å². The van der Waals surface area contributed by atoms with E-state index in [1.807, 2.05) is 0 Å². The highest BCUT2D eigenvalue weighted by molar-refractivity contribution is 7.92. The van der Waals surface area contributed by atoms with Crippen LogP contribution in [0.2, 0.25) is 0 Å². The number of benzene rings is 2. The summed E-state index contributed by atoms with van der Waals surface area (Å²) in [7, 11) is -0.523. The summed E-state index contributed by atoms with van der Waals surface area (Å²) in [5, 5.41) is 0. The van der Waals surface area contributed by atoms with Crippen molar-refractivity contribution in [3.63, 3.8) is 0 Å². The van der Waals surface area contributed by atoms with Gasteiger partial charge in [0.1, 0.15) is 5.75 Å². The van der Waals surface area contributed by atoms with Gasteiger partial charge in [-0.2, -0.15) is 0 Å². The molecule has 0 radical (unpaired) electrons. The predicted molar refractivity (Wildman–Crippen MR) is 89.3 cm³/mol. The number of carbonyl (C=O) groups is 1. The van der Waals surface area contributed by atoms with Crippen LogP contribution in [-0.4, -0.2) is 28.5 Å². The molecule has 0 aliphatic rings. The molecule has 1 N–H and O–H groups in total. The van der Waals surface area contributed by atoms with Crippen LogP contribution in [0.5, 0.6) is 5.75 Å². The van der Waals surface area contributed by atoms with Crippen molar-refractivity contribution in [3.8, 4) is 5.75 Å². The van der Waals surface area contributed by atoms with Crippen molar-refractivity contribution < 1.29 is 17.9 Å². The molecule has 0 saturated heterocycles. The van der Waals surface area contributed by atoms with Crippen molar-refractivity contribution in [2.75, 3.05) is 23.8 Å². The number of hydrogen-bond donors (Lipinski definition) is 1. The lowest BCUT2D eigenvalue weighted by Crippen LogP contribution is -2.22. The van der Waals surface area contributed by atoms with E-state index in [4.69, 9.17) is 4.74 Å². The molecule has 0 aliphatic heterocycles. The summed E-state index contributed by atoms with van der Waals surface area (Å²) < 4.78 is 32.2. The van der Waals surface area contributed by atoms with E-state index in [2.05, 4.69) is 4.72 Å². The minimum absolute atomic E-state index is 0.119. The number of hydrogen-bond acceptors (Lipinski definition) is 4. The zero-order valence-electron chi connectivity index (χ0n) is 13.1. The van der Waals surface area contributed by atoms with Gasteiger partial charge in [0.15, 0.2) is 0 Å². The van der Waals surface area contributed by atoms with E-state index in [1.54, 1.807) is 50.6 Å². The molecule has 0 bridgehead atoms. The Hall–Kier alpha value is -2.54. The molecule has 0 unspecified atom stereocenters. The van der Waals surface area contributed by atoms with E-state index in [0.717, 1.165) is 0 Å². The number of nitrogens with zero attached hydrogens (tertiary/aromatic N) is 1. The Morgan fingerprint density at radius 1 is 1.04 bits per heavy atom. The van der Waals surface area contributed by atoms with Gasteiger partial charge < -0.3 is 9.64 Å². The summed E-state index contributed by atoms with van der Waals surface area (Å²) in [6, 6.07) is 12.7. The van der Waals surface area contributed by atoms with E-state index >= 15 is 0 Å². The van der Waals surface area contributed by atoms with Crippen molar-refractivity contribution in [2.45, 2.75) is 11.8 Å². The van der Waals surface area contributed by atoms with Crippen molar-refractivity contribution >= 4 is 27.3 Å². The van der Waals surface area contributed by atoms with Crippen LogP contribution in [0.3, 0.4) is 0 Å². The SMILES string of the molecule is COc1ccc(NS(=O)(=O)c2ccc(N(C)C(C)=O)cc2)cc1. The minimum atomic E-state index is -3.69. The molecule has 0 saturated carbocycles. The first kappa shape index (κ1) is 16.8. The molecule has 1 amide bonds. The van der Waals surface area contributed by atoms with Crippen molar-refractivity contribution in [3.05, 3.63) is 48.5 Å². The van der Waals surface area contributed by atoms with Gasteiger partial charge in [0, 0.05) is 25.3 Å². The summed E-state index contributed by atoms with van der Waals surface area (Å²) >= 11 is 0. The third kappa shape index (κ3) is 4.01. The molecular weight excluding hydrogens is 316 g/mol. The Labute approximate surface area is 135 Å². The zero-order chi connectivity index (χ0) is 17.0. The molecule has 23 heavy (non-hydrogen) atoms. The van der Waals surface area contributed by atoms with Gasteiger partial charge in [-0.05, 0) is 48.5 Å². The molecule has 6 nitrogen and oxygen atoms in total. The molecule has 2 aromatic rings. The predicted octanol–water partition coefficient (Wildman–Crippen LogP) is 2.48. The smallest absolute Gasteiger partial charge is 0.261 e. The average Bonchev–Trinajstić information content (AvgIpc) is 2.54. The molecule has 122 valence electrons. The maximum absolute atomic E-state index is 12.3. The van der Waals surface area contributed by atoms with Crippen LogP contribution < -0.4 is 14.4 Å². The molecular formula is C16H18N2O4S. The van der Waals surface area contributed by atoms with Crippen LogP contribution in [0.25, 0.3) is 0 Å². The second kappa shape index (κ2) is 6.70. The Morgan fingerprint density at radius 3 is 2.09 bits per heavy atom. The fourth-order valence-corrected chi connectivity index (χ4v) is 2.96. The summed E-state index contributed by atoms with van der Waals surface area (Å²) in [5.74, 6) is 0.515. The van der Waals surface area contributed by atoms with Crippen LogP contribution in [0.15, 0.2) is 53.4 Å². The quantitative estimate of drug-likeness (QED) is 0.911. The monoisotopic (exact) mass is 334 g/mol. The summed E-state index contributed by atoms with van der Waals surface area (Å²) in [6.45, 7) is 1.44. The highest BCUT2D eigenvalue weighted by Crippen LogP contribution is 2.21. The maximum Gasteiger partial charge on any atom is 0.261 e. The van der Waals surface area contributed by atoms with Gasteiger partial charge >= 0.3 is 0 Å². The van der Waals surface area contributed by atoms with Gasteiger partial charge in [0.25, 0.3) is 10.0 Å². The fraction of sp³-hybridized carbons (Fsp3) is 0.188. The number of carbonyl (C=O) groups excluding carboxylic acids is 1. The van der Waals surface area contributed by atoms with Gasteiger partial charge in [-0.1, -0.05) is 0 Å². The highest BCUT2D eigenvalue weighted by Gasteiger charge is 2.15. The normalized spacial score (nSPS) is 10.9. The van der Waals surface area contributed by atoms with Crippen LogP contribution >= 0.6 is 0 Å². The van der Waals surface area contributed by atoms with E-state index < -0.39 is 10.0 Å². The molecule has 0 spiro atoms. The number of nitrogens with one attached hydrogen (secondary N) is 1. The third-order valence-corrected chi connectivity index (χ3v) is 4.75. The maximum atomic E-state index is 12.3. The Morgan fingerprint density at radius 2 is 1.61 bits per heavy atom. The molecule has 0 atom stereocenters. The fourth-order valence-electron chi connectivity index (χ4n) is 1.90. The second-order valence-electron chi connectivity index (χ2n) is 4.91. The summed E-state index contributed by atoms with van der Waals surface area (Å²) in [4.78, 5) is 12.9. The van der Waals surface area contributed by atoms with Crippen LogP contribution in [-0.2, 0) is 14.8 Å². The van der Waals surface area contributed by atoms with Gasteiger partial charge in [-0.15, -0.1) is 0 Å². The summed E-state index contributed by atoms with van der Waals surface area (Å²) in [5.41, 5.74) is 1.07. The Kier molecular flexibility index (Phi) is 4.90. The lowest BCUT2D eigenvalue weighted by molar-refractivity contribution is -0.116. The van der Waals surface area contributed by atoms with E-state index in [0.29, 0.717) is 17.1 Å². The number of sulfonamides is 1. The largest absolute Gasteiger partial charge is 0.497 e. The van der Waals surface area contributed by atoms with Gasteiger partial charge in [-0.25, -0.2) is 8.42 Å². The highest BCUT2D eigenvalue weighted by atomic mass is 32.2. The number of anilines is 2. The standard InChI is InChI=1S/C16H18N2O4S/c1-12(19)18(2)14-6-10-16(11-7-14)23(20,21)17-13-4-8-15(22-3)9-5-13/h4-11,17H,1-3H3.